The zero-order chi connectivity index (χ0) is 25.9. The molecule has 0 aromatic rings. The summed E-state index contributed by atoms with van der Waals surface area (Å²) in [6, 6.07) is -5.84. The Kier molecular flexibility index (Phi) is 12.6. The third-order valence-electron chi connectivity index (χ3n) is 4.47. The van der Waals surface area contributed by atoms with Gasteiger partial charge >= 0.3 is 11.9 Å². The van der Waals surface area contributed by atoms with Crippen LogP contribution in [0, 0.1) is 5.92 Å². The van der Waals surface area contributed by atoms with Crippen LogP contribution in [0.1, 0.15) is 46.5 Å². The molecule has 0 saturated heterocycles. The molecule has 188 valence electrons. The van der Waals surface area contributed by atoms with Crippen molar-refractivity contribution in [3.05, 3.63) is 0 Å². The van der Waals surface area contributed by atoms with Gasteiger partial charge < -0.3 is 42.7 Å². The molecule has 0 aromatic heterocycles. The highest BCUT2D eigenvalue weighted by Crippen LogP contribution is 2.07. The van der Waals surface area contributed by atoms with Crippen molar-refractivity contribution in [1.82, 2.24) is 16.0 Å². The quantitative estimate of drug-likeness (QED) is 0.119. The number of aliphatic carboxylic acids is 2. The fraction of sp³-hybridized carbons (Fsp3) is 0.684. The summed E-state index contributed by atoms with van der Waals surface area (Å²) in [5, 5.41) is 34.4. The van der Waals surface area contributed by atoms with Crippen LogP contribution in [0.15, 0.2) is 0 Å². The lowest BCUT2D eigenvalue weighted by Crippen LogP contribution is -2.58. The molecule has 0 heterocycles. The van der Waals surface area contributed by atoms with E-state index in [1.807, 2.05) is 0 Å². The summed E-state index contributed by atoms with van der Waals surface area (Å²) in [4.78, 5) is 71.1. The second kappa shape index (κ2) is 14.0. The van der Waals surface area contributed by atoms with Gasteiger partial charge in [-0.15, -0.1) is 0 Å². The van der Waals surface area contributed by atoms with Gasteiger partial charge in [0, 0.05) is 6.42 Å². The summed E-state index contributed by atoms with van der Waals surface area (Å²) in [7, 11) is 0. The van der Waals surface area contributed by atoms with Gasteiger partial charge in [-0.3, -0.25) is 24.0 Å². The van der Waals surface area contributed by atoms with Crippen molar-refractivity contribution in [3.8, 4) is 0 Å². The van der Waals surface area contributed by atoms with Crippen molar-refractivity contribution >= 4 is 35.6 Å². The summed E-state index contributed by atoms with van der Waals surface area (Å²) in [6.45, 7) is 4.69. The summed E-state index contributed by atoms with van der Waals surface area (Å²) in [6.07, 6.45) is -2.72. The fourth-order valence-electron chi connectivity index (χ4n) is 2.66. The minimum Gasteiger partial charge on any atom is -0.481 e. The molecule has 0 spiro atoms. The Balaban J connectivity index is 5.59. The molecule has 0 aliphatic rings. The highest BCUT2D eigenvalue weighted by atomic mass is 16.4. The number of hydrogen-bond acceptors (Lipinski definition) is 8. The molecule has 0 rings (SSSR count). The first kappa shape index (κ1) is 29.7. The third-order valence-corrected chi connectivity index (χ3v) is 4.47. The second-order valence-corrected chi connectivity index (χ2v) is 8.02. The van der Waals surface area contributed by atoms with E-state index in [4.69, 9.17) is 16.6 Å². The number of carboxylic acid groups (broad SMARTS) is 2. The number of nitrogens with two attached hydrogens (primary N) is 2. The van der Waals surface area contributed by atoms with Crippen molar-refractivity contribution in [2.24, 2.45) is 17.4 Å². The fourth-order valence-corrected chi connectivity index (χ4v) is 2.66. The molecule has 14 heteroatoms. The van der Waals surface area contributed by atoms with Crippen LogP contribution in [0.25, 0.3) is 0 Å². The van der Waals surface area contributed by atoms with E-state index < -0.39 is 72.3 Å². The molecule has 33 heavy (non-hydrogen) atoms. The summed E-state index contributed by atoms with van der Waals surface area (Å²) >= 11 is 0. The number of primary amides is 1. The number of aliphatic hydroxyl groups excluding tert-OH is 1. The molecule has 0 saturated carbocycles. The van der Waals surface area contributed by atoms with Gasteiger partial charge in [-0.2, -0.15) is 0 Å². The summed E-state index contributed by atoms with van der Waals surface area (Å²) < 4.78 is 0. The summed E-state index contributed by atoms with van der Waals surface area (Å²) in [5.41, 5.74) is 10.6. The second-order valence-electron chi connectivity index (χ2n) is 8.02. The number of rotatable bonds is 15. The Morgan fingerprint density at radius 2 is 1.30 bits per heavy atom. The third kappa shape index (κ3) is 11.8. The van der Waals surface area contributed by atoms with Gasteiger partial charge in [0.1, 0.15) is 24.2 Å². The average molecular weight is 475 g/mol. The number of aliphatic hydroxyl groups is 1. The Morgan fingerprint density at radius 1 is 0.818 bits per heavy atom. The molecule has 10 N–H and O–H groups in total. The van der Waals surface area contributed by atoms with Gasteiger partial charge in [0.25, 0.3) is 0 Å². The Hall–Kier alpha value is -3.26. The highest BCUT2D eigenvalue weighted by molar-refractivity contribution is 5.95. The van der Waals surface area contributed by atoms with Crippen molar-refractivity contribution < 1.29 is 44.1 Å². The molecule has 0 radical (unpaired) electrons. The highest BCUT2D eigenvalue weighted by Gasteiger charge is 2.32. The minimum absolute atomic E-state index is 0.0589. The van der Waals surface area contributed by atoms with E-state index in [9.17, 15) is 39.0 Å². The molecular formula is C19H33N5O9. The topological polar surface area (TPSA) is 251 Å². The first-order chi connectivity index (χ1) is 15.1. The maximum absolute atomic E-state index is 12.7. The Morgan fingerprint density at radius 3 is 1.73 bits per heavy atom. The van der Waals surface area contributed by atoms with Crippen LogP contribution in [0.5, 0.6) is 0 Å². The molecule has 0 aliphatic heterocycles. The molecule has 5 atom stereocenters. The monoisotopic (exact) mass is 475 g/mol. The summed E-state index contributed by atoms with van der Waals surface area (Å²) in [5.74, 6) is -6.71. The van der Waals surface area contributed by atoms with Crippen LogP contribution in [-0.2, 0) is 28.8 Å². The van der Waals surface area contributed by atoms with E-state index in [2.05, 4.69) is 16.0 Å². The number of nitrogens with one attached hydrogen (secondary N) is 3. The van der Waals surface area contributed by atoms with Crippen LogP contribution in [0.4, 0.5) is 0 Å². The van der Waals surface area contributed by atoms with Crippen molar-refractivity contribution in [2.45, 2.75) is 76.7 Å². The molecule has 0 aliphatic carbocycles. The van der Waals surface area contributed by atoms with Gasteiger partial charge in [-0.25, -0.2) is 4.79 Å². The molecule has 0 fully saturated rings. The van der Waals surface area contributed by atoms with E-state index in [1.54, 1.807) is 13.8 Å². The lowest BCUT2D eigenvalue weighted by molar-refractivity contribution is -0.144. The molecule has 5 unspecified atom stereocenters. The largest absolute Gasteiger partial charge is 0.481 e. The predicted molar refractivity (Wildman–Crippen MR) is 113 cm³/mol. The number of amides is 4. The number of carbonyl (C=O) groups excluding carboxylic acids is 4. The average Bonchev–Trinajstić information content (AvgIpc) is 2.67. The first-order valence-corrected chi connectivity index (χ1v) is 10.2. The van der Waals surface area contributed by atoms with Crippen molar-refractivity contribution in [2.75, 3.05) is 0 Å². The minimum atomic E-state index is -1.68. The van der Waals surface area contributed by atoms with Crippen LogP contribution in [0.2, 0.25) is 0 Å². The van der Waals surface area contributed by atoms with Gasteiger partial charge in [-0.05, 0) is 25.7 Å². The maximum Gasteiger partial charge on any atom is 0.326 e. The number of carboxylic acids is 2. The SMILES string of the molecule is CC(C)CC(NC(=O)C(CC(=O)O)NC(=O)C(CCC(N)=O)NC(=O)C(N)C(C)O)C(=O)O. The standard InChI is InChI=1S/C19H33N5O9/c1-8(2)6-12(19(32)33)24-17(30)11(7-14(27)28)23-16(29)10(4-5-13(20)26)22-18(31)15(21)9(3)25/h8-12,15,25H,4-7,21H2,1-3H3,(H2,20,26)(H,22,31)(H,23,29)(H,24,30)(H,27,28)(H,32,33). The zero-order valence-electron chi connectivity index (χ0n) is 18.7. The number of carbonyl (C=O) groups is 6. The van der Waals surface area contributed by atoms with E-state index in [0.717, 1.165) is 0 Å². The molecular weight excluding hydrogens is 442 g/mol. The predicted octanol–water partition coefficient (Wildman–Crippen LogP) is -2.98. The van der Waals surface area contributed by atoms with E-state index >= 15 is 0 Å². The lowest BCUT2D eigenvalue weighted by Gasteiger charge is -2.25. The zero-order valence-corrected chi connectivity index (χ0v) is 18.7. The van der Waals surface area contributed by atoms with Crippen molar-refractivity contribution in [1.29, 1.82) is 0 Å². The molecule has 4 amide bonds. The molecule has 14 nitrogen and oxygen atoms in total. The van der Waals surface area contributed by atoms with Gasteiger partial charge in [0.2, 0.25) is 23.6 Å². The van der Waals surface area contributed by atoms with Gasteiger partial charge in [0.05, 0.1) is 12.5 Å². The lowest BCUT2D eigenvalue weighted by atomic mass is 10.0. The van der Waals surface area contributed by atoms with Crippen LogP contribution >= 0.6 is 0 Å². The van der Waals surface area contributed by atoms with Crippen LogP contribution in [-0.4, -0.2) is 81.2 Å². The van der Waals surface area contributed by atoms with E-state index in [1.165, 1.54) is 6.92 Å². The smallest absolute Gasteiger partial charge is 0.326 e. The van der Waals surface area contributed by atoms with Crippen molar-refractivity contribution in [3.63, 3.8) is 0 Å². The van der Waals surface area contributed by atoms with Crippen LogP contribution < -0.4 is 27.4 Å². The van der Waals surface area contributed by atoms with E-state index in [0.29, 0.717) is 0 Å². The normalized spacial score (nSPS) is 15.5. The van der Waals surface area contributed by atoms with Gasteiger partial charge in [0.15, 0.2) is 0 Å². The first-order valence-electron chi connectivity index (χ1n) is 10.2. The molecule has 0 bridgehead atoms. The Bertz CT molecular complexity index is 741. The van der Waals surface area contributed by atoms with Gasteiger partial charge in [-0.1, -0.05) is 13.8 Å². The van der Waals surface area contributed by atoms with Crippen LogP contribution in [0.3, 0.4) is 0 Å². The van der Waals surface area contributed by atoms with E-state index in [-0.39, 0.29) is 25.2 Å². The Labute approximate surface area is 190 Å². The molecule has 0 aromatic carbocycles. The number of hydrogen-bond donors (Lipinski definition) is 8. The maximum atomic E-state index is 12.7.